The molecule has 0 aromatic heterocycles. The molecule has 8 heteroatoms. The number of hydrogen-bond donors (Lipinski definition) is 1. The first-order valence-electron chi connectivity index (χ1n) is 7.78. The maximum Gasteiger partial charge on any atom is 0.408 e. The van der Waals surface area contributed by atoms with Gasteiger partial charge in [-0.1, -0.05) is 0 Å². The molecule has 8 nitrogen and oxygen atoms in total. The molecule has 1 N–H and O–H groups in total. The molecule has 0 aromatic carbocycles. The largest absolute Gasteiger partial charge is 0.460 e. The van der Waals surface area contributed by atoms with E-state index in [1.54, 1.807) is 41.5 Å². The summed E-state index contributed by atoms with van der Waals surface area (Å²) in [6, 6.07) is -0.961. The summed E-state index contributed by atoms with van der Waals surface area (Å²) in [5, 5.41) is 3.45. The maximum absolute atomic E-state index is 12.3. The quantitative estimate of drug-likeness (QED) is 0.584. The molecule has 1 atom stereocenters. The molecule has 140 valence electrons. The number of hydroxylamine groups is 2. The van der Waals surface area contributed by atoms with Crippen LogP contribution in [0.2, 0.25) is 0 Å². The number of amides is 2. The van der Waals surface area contributed by atoms with Crippen molar-refractivity contribution in [2.24, 2.45) is 0 Å². The molecule has 0 fully saturated rings. The lowest BCUT2D eigenvalue weighted by molar-refractivity contribution is -0.171. The van der Waals surface area contributed by atoms with Gasteiger partial charge in [0.15, 0.2) is 0 Å². The van der Waals surface area contributed by atoms with Crippen LogP contribution >= 0.6 is 0 Å². The Hall–Kier alpha value is -1.83. The van der Waals surface area contributed by atoms with Gasteiger partial charge in [-0.25, -0.2) is 9.86 Å². The van der Waals surface area contributed by atoms with Crippen LogP contribution in [-0.2, 0) is 23.9 Å². The van der Waals surface area contributed by atoms with Crippen molar-refractivity contribution >= 4 is 18.0 Å². The van der Waals surface area contributed by atoms with E-state index in [1.165, 1.54) is 14.2 Å². The van der Waals surface area contributed by atoms with Crippen LogP contribution < -0.4 is 5.32 Å². The second-order valence-electron chi connectivity index (χ2n) is 7.34. The summed E-state index contributed by atoms with van der Waals surface area (Å²) in [4.78, 5) is 40.8. The van der Waals surface area contributed by atoms with Gasteiger partial charge < -0.3 is 14.8 Å². The zero-order chi connectivity index (χ0) is 19.1. The van der Waals surface area contributed by atoms with Crippen molar-refractivity contribution < 1.29 is 28.7 Å². The number of nitrogens with zero attached hydrogens (tertiary/aromatic N) is 1. The number of rotatable bonds is 6. The van der Waals surface area contributed by atoms with Gasteiger partial charge in [0.05, 0.1) is 7.11 Å². The predicted octanol–water partition coefficient (Wildman–Crippen LogP) is 2.02. The van der Waals surface area contributed by atoms with Crippen molar-refractivity contribution in [3.05, 3.63) is 0 Å². The summed E-state index contributed by atoms with van der Waals surface area (Å²) in [5.74, 6) is -0.946. The first kappa shape index (κ1) is 22.2. The molecule has 0 aromatic rings. The zero-order valence-corrected chi connectivity index (χ0v) is 15.9. The second-order valence-corrected chi connectivity index (χ2v) is 7.34. The third-order valence-electron chi connectivity index (χ3n) is 2.63. The molecule has 0 heterocycles. The minimum Gasteiger partial charge on any atom is -0.460 e. The summed E-state index contributed by atoms with van der Waals surface area (Å²) < 4.78 is 10.3. The van der Waals surface area contributed by atoms with E-state index in [4.69, 9.17) is 14.3 Å². The molecule has 0 bridgehead atoms. The number of likely N-dealkylation sites (N-methyl/N-ethyl adjacent to an activating group) is 1. The van der Waals surface area contributed by atoms with Crippen LogP contribution in [-0.4, -0.2) is 54.4 Å². The molecule has 0 aliphatic carbocycles. The van der Waals surface area contributed by atoms with E-state index in [9.17, 15) is 14.4 Å². The van der Waals surface area contributed by atoms with Gasteiger partial charge in [-0.2, -0.15) is 0 Å². The van der Waals surface area contributed by atoms with E-state index >= 15 is 0 Å². The topological polar surface area (TPSA) is 94.2 Å². The highest BCUT2D eigenvalue weighted by atomic mass is 16.7. The van der Waals surface area contributed by atoms with Gasteiger partial charge in [-0.15, -0.1) is 0 Å². The van der Waals surface area contributed by atoms with E-state index in [0.717, 1.165) is 5.06 Å². The van der Waals surface area contributed by atoms with Crippen LogP contribution in [0, 0.1) is 0 Å². The average Bonchev–Trinajstić information content (AvgIpc) is 2.37. The average molecular weight is 346 g/mol. The van der Waals surface area contributed by atoms with Crippen LogP contribution in [0.1, 0.15) is 54.4 Å². The van der Waals surface area contributed by atoms with Crippen LogP contribution in [0.15, 0.2) is 0 Å². The minimum atomic E-state index is -0.961. The molecular formula is C16H30N2O6. The Labute approximate surface area is 143 Å². The number of carbonyl (C=O) groups excluding carboxylic acids is 3. The predicted molar refractivity (Wildman–Crippen MR) is 88.0 cm³/mol. The van der Waals surface area contributed by atoms with Crippen molar-refractivity contribution in [1.29, 1.82) is 0 Å². The highest BCUT2D eigenvalue weighted by molar-refractivity contribution is 5.85. The van der Waals surface area contributed by atoms with E-state index < -0.39 is 35.2 Å². The highest BCUT2D eigenvalue weighted by Crippen LogP contribution is 2.12. The van der Waals surface area contributed by atoms with Crippen LogP contribution in [0.5, 0.6) is 0 Å². The molecule has 0 spiro atoms. The van der Waals surface area contributed by atoms with E-state index in [2.05, 4.69) is 5.32 Å². The fourth-order valence-electron chi connectivity index (χ4n) is 1.67. The second kappa shape index (κ2) is 8.86. The van der Waals surface area contributed by atoms with E-state index in [-0.39, 0.29) is 12.8 Å². The Kier molecular flexibility index (Phi) is 8.19. The van der Waals surface area contributed by atoms with E-state index in [1.807, 2.05) is 0 Å². The van der Waals surface area contributed by atoms with Crippen molar-refractivity contribution in [2.75, 3.05) is 14.2 Å². The van der Waals surface area contributed by atoms with Crippen LogP contribution in [0.3, 0.4) is 0 Å². The third kappa shape index (κ3) is 10.0. The summed E-state index contributed by atoms with van der Waals surface area (Å²) in [6.45, 7) is 10.4. The molecule has 24 heavy (non-hydrogen) atoms. The van der Waals surface area contributed by atoms with Gasteiger partial charge in [-0.3, -0.25) is 14.4 Å². The Bertz CT molecular complexity index is 450. The highest BCUT2D eigenvalue weighted by Gasteiger charge is 2.28. The summed E-state index contributed by atoms with van der Waals surface area (Å²) >= 11 is 0. The monoisotopic (exact) mass is 346 g/mol. The first-order valence-corrected chi connectivity index (χ1v) is 7.78. The van der Waals surface area contributed by atoms with Gasteiger partial charge >= 0.3 is 12.1 Å². The lowest BCUT2D eigenvalue weighted by atomic mass is 10.1. The number of ether oxygens (including phenoxy) is 2. The number of nitrogens with one attached hydrogen (secondary N) is 1. The normalized spacial score (nSPS) is 13.0. The molecule has 0 radical (unpaired) electrons. The molecule has 0 saturated carbocycles. The minimum absolute atomic E-state index is 0.0268. The van der Waals surface area contributed by atoms with Crippen LogP contribution in [0.25, 0.3) is 0 Å². The van der Waals surface area contributed by atoms with Gasteiger partial charge in [0.1, 0.15) is 17.2 Å². The summed E-state index contributed by atoms with van der Waals surface area (Å²) in [7, 11) is 2.75. The van der Waals surface area contributed by atoms with Gasteiger partial charge in [0.2, 0.25) is 0 Å². The van der Waals surface area contributed by atoms with Gasteiger partial charge in [0.25, 0.3) is 5.91 Å². The maximum atomic E-state index is 12.3. The number of alkyl carbamates (subject to hydrolysis) is 1. The Morgan fingerprint density at radius 1 is 1.00 bits per heavy atom. The molecular weight excluding hydrogens is 316 g/mol. The molecule has 2 amide bonds. The zero-order valence-electron chi connectivity index (χ0n) is 15.9. The Morgan fingerprint density at radius 3 is 1.92 bits per heavy atom. The van der Waals surface area contributed by atoms with E-state index in [0.29, 0.717) is 0 Å². The van der Waals surface area contributed by atoms with Crippen molar-refractivity contribution in [2.45, 2.75) is 71.6 Å². The fraction of sp³-hybridized carbons (Fsp3) is 0.812. The number of esters is 1. The lowest BCUT2D eigenvalue weighted by Crippen LogP contribution is -2.48. The molecule has 0 rings (SSSR count). The Balaban J connectivity index is 4.86. The molecule has 0 aliphatic heterocycles. The van der Waals surface area contributed by atoms with Gasteiger partial charge in [0, 0.05) is 13.5 Å². The third-order valence-corrected chi connectivity index (χ3v) is 2.63. The van der Waals surface area contributed by atoms with Crippen molar-refractivity contribution in [3.8, 4) is 0 Å². The van der Waals surface area contributed by atoms with Crippen LogP contribution in [0.4, 0.5) is 4.79 Å². The molecule has 0 unspecified atom stereocenters. The fourth-order valence-corrected chi connectivity index (χ4v) is 1.67. The number of carbonyl (C=O) groups is 3. The Morgan fingerprint density at radius 2 is 1.50 bits per heavy atom. The smallest absolute Gasteiger partial charge is 0.408 e. The lowest BCUT2D eigenvalue weighted by Gasteiger charge is -2.25. The summed E-state index contributed by atoms with van der Waals surface area (Å²) in [5.41, 5.74) is -1.31. The molecule has 0 aliphatic rings. The summed E-state index contributed by atoms with van der Waals surface area (Å²) in [6.07, 6.45) is -0.698. The standard InChI is InChI=1S/C16H30N2O6/c1-15(2,3)23-12(19)10-9-11(13(20)18(7)22-8)17-14(21)24-16(4,5)6/h11H,9-10H2,1-8H3,(H,17,21)/t11-/m0/s1. The SMILES string of the molecule is CON(C)C(=O)[C@H](CCC(=O)OC(C)(C)C)NC(=O)OC(C)(C)C. The van der Waals surface area contributed by atoms with Crippen molar-refractivity contribution in [3.63, 3.8) is 0 Å². The first-order chi connectivity index (χ1) is 10.7. The molecule has 0 saturated heterocycles. The number of hydrogen-bond acceptors (Lipinski definition) is 6. The van der Waals surface area contributed by atoms with Crippen molar-refractivity contribution in [1.82, 2.24) is 10.4 Å². The van der Waals surface area contributed by atoms with Gasteiger partial charge in [-0.05, 0) is 48.0 Å².